The molecule has 0 aliphatic carbocycles. The fraction of sp³-hybridized carbons (Fsp3) is 0.478. The van der Waals surface area contributed by atoms with Crippen LogP contribution in [0.2, 0.25) is 5.02 Å². The summed E-state index contributed by atoms with van der Waals surface area (Å²) in [6.07, 6.45) is 4.33. The third kappa shape index (κ3) is 5.30. The molecule has 1 N–H and O–H groups in total. The number of nitrogens with zero attached hydrogens (tertiary/aromatic N) is 4. The molecule has 2 amide bonds. The molecule has 0 saturated carbocycles. The van der Waals surface area contributed by atoms with Crippen molar-refractivity contribution in [2.45, 2.75) is 51.8 Å². The minimum Gasteiger partial charge on any atom is -0.444 e. The highest BCUT2D eigenvalue weighted by molar-refractivity contribution is 6.30. The normalized spacial score (nSPS) is 18.3. The molecule has 8 nitrogen and oxygen atoms in total. The molecule has 2 aromatic rings. The molecule has 2 aliphatic heterocycles. The number of carbonyl (C=O) groups is 2. The van der Waals surface area contributed by atoms with Gasteiger partial charge in [0.05, 0.1) is 17.4 Å². The molecule has 32 heavy (non-hydrogen) atoms. The van der Waals surface area contributed by atoms with E-state index in [0.29, 0.717) is 42.7 Å². The number of halogens is 1. The second kappa shape index (κ2) is 8.94. The molecular formula is C23H28ClN5O3. The maximum absolute atomic E-state index is 13.1. The van der Waals surface area contributed by atoms with E-state index in [1.165, 1.54) is 5.56 Å². The van der Waals surface area contributed by atoms with Crippen LogP contribution in [-0.4, -0.2) is 63.0 Å². The first-order valence-electron chi connectivity index (χ1n) is 10.8. The summed E-state index contributed by atoms with van der Waals surface area (Å²) in [5.74, 6) is 0.494. The summed E-state index contributed by atoms with van der Waals surface area (Å²) in [7, 11) is 0. The molecule has 1 saturated heterocycles. The lowest BCUT2D eigenvalue weighted by atomic mass is 9.97. The molecule has 2 aliphatic rings. The molecule has 0 unspecified atom stereocenters. The Hall–Kier alpha value is -2.87. The molecule has 9 heteroatoms. The van der Waals surface area contributed by atoms with Crippen molar-refractivity contribution in [1.29, 1.82) is 0 Å². The molecule has 1 atom stereocenters. The lowest BCUT2D eigenvalue weighted by Crippen LogP contribution is -2.40. The van der Waals surface area contributed by atoms with Gasteiger partial charge in [0, 0.05) is 37.8 Å². The number of anilines is 1. The van der Waals surface area contributed by atoms with Gasteiger partial charge in [-0.15, -0.1) is 0 Å². The summed E-state index contributed by atoms with van der Waals surface area (Å²) in [6.45, 7) is 7.87. The van der Waals surface area contributed by atoms with Crippen molar-refractivity contribution in [3.63, 3.8) is 0 Å². The summed E-state index contributed by atoms with van der Waals surface area (Å²) >= 11 is 5.83. The van der Waals surface area contributed by atoms with Gasteiger partial charge in [-0.2, -0.15) is 0 Å². The molecule has 170 valence electrons. The van der Waals surface area contributed by atoms with Gasteiger partial charge in [-0.3, -0.25) is 4.79 Å². The van der Waals surface area contributed by atoms with Gasteiger partial charge in [-0.1, -0.05) is 17.7 Å². The lowest BCUT2D eigenvalue weighted by molar-refractivity contribution is 0.0224. The van der Waals surface area contributed by atoms with Crippen LogP contribution in [0.15, 0.2) is 30.6 Å². The van der Waals surface area contributed by atoms with Crippen LogP contribution in [0.1, 0.15) is 48.7 Å². The van der Waals surface area contributed by atoms with Crippen LogP contribution in [0.25, 0.3) is 0 Å². The Bertz CT molecular complexity index is 1010. The Morgan fingerprint density at radius 2 is 1.88 bits per heavy atom. The Labute approximate surface area is 192 Å². The first-order valence-corrected chi connectivity index (χ1v) is 11.2. The van der Waals surface area contributed by atoms with Crippen LogP contribution in [0.5, 0.6) is 0 Å². The van der Waals surface area contributed by atoms with E-state index in [0.717, 1.165) is 18.4 Å². The van der Waals surface area contributed by atoms with E-state index < -0.39 is 5.60 Å². The molecule has 0 radical (unpaired) electrons. The predicted molar refractivity (Wildman–Crippen MR) is 122 cm³/mol. The van der Waals surface area contributed by atoms with E-state index in [1.54, 1.807) is 17.3 Å². The van der Waals surface area contributed by atoms with Gasteiger partial charge < -0.3 is 19.9 Å². The number of carbonyl (C=O) groups excluding carboxylic acids is 2. The number of benzene rings is 1. The number of hydrogen-bond donors (Lipinski definition) is 1. The second-order valence-corrected chi connectivity index (χ2v) is 9.68. The Morgan fingerprint density at radius 3 is 2.59 bits per heavy atom. The first-order chi connectivity index (χ1) is 15.2. The highest BCUT2D eigenvalue weighted by Gasteiger charge is 2.29. The number of nitrogens with one attached hydrogen (secondary N) is 1. The van der Waals surface area contributed by atoms with Crippen LogP contribution >= 0.6 is 11.6 Å². The van der Waals surface area contributed by atoms with E-state index in [4.69, 9.17) is 16.3 Å². The van der Waals surface area contributed by atoms with Crippen molar-refractivity contribution in [1.82, 2.24) is 19.8 Å². The summed E-state index contributed by atoms with van der Waals surface area (Å²) in [6, 6.07) is 5.88. The fourth-order valence-electron chi connectivity index (χ4n) is 3.99. The molecule has 1 fully saturated rings. The van der Waals surface area contributed by atoms with Crippen LogP contribution in [0.3, 0.4) is 0 Å². The molecular weight excluding hydrogens is 430 g/mol. The predicted octanol–water partition coefficient (Wildman–Crippen LogP) is 3.75. The zero-order valence-electron chi connectivity index (χ0n) is 18.6. The van der Waals surface area contributed by atoms with Gasteiger partial charge in [0.25, 0.3) is 5.91 Å². The largest absolute Gasteiger partial charge is 0.444 e. The van der Waals surface area contributed by atoms with Gasteiger partial charge in [0.1, 0.15) is 5.60 Å². The van der Waals surface area contributed by atoms with Crippen LogP contribution in [0.4, 0.5) is 10.7 Å². The van der Waals surface area contributed by atoms with Gasteiger partial charge >= 0.3 is 6.09 Å². The standard InChI is InChI=1S/C23H28ClN5O3/c1-23(2,3)32-22(31)29-8-6-15-4-5-16(10-17(15)13-29)20(30)28-9-7-19(14-28)27-21-25-11-18(24)12-26-21/h4-5,10-12,19H,6-9,13-14H2,1-3H3,(H,25,26,27)/t19-/m1/s1. The average molecular weight is 458 g/mol. The average Bonchev–Trinajstić information content (AvgIpc) is 3.21. The smallest absolute Gasteiger partial charge is 0.410 e. The third-order valence-electron chi connectivity index (χ3n) is 5.55. The molecule has 4 rings (SSSR count). The minimum absolute atomic E-state index is 0.0106. The monoisotopic (exact) mass is 457 g/mol. The van der Waals surface area contributed by atoms with Crippen LogP contribution in [0, 0.1) is 0 Å². The number of ether oxygens (including phenoxy) is 1. The highest BCUT2D eigenvalue weighted by Crippen LogP contribution is 2.24. The maximum atomic E-state index is 13.1. The van der Waals surface area contributed by atoms with Gasteiger partial charge in [0.15, 0.2) is 0 Å². The summed E-state index contributed by atoms with van der Waals surface area (Å²) in [4.78, 5) is 37.4. The Balaban J connectivity index is 1.39. The Kier molecular flexibility index (Phi) is 6.24. The number of amides is 2. The van der Waals surface area contributed by atoms with E-state index in [2.05, 4.69) is 15.3 Å². The van der Waals surface area contributed by atoms with Crippen molar-refractivity contribution in [3.8, 4) is 0 Å². The zero-order chi connectivity index (χ0) is 22.9. The molecule has 0 spiro atoms. The molecule has 0 bridgehead atoms. The highest BCUT2D eigenvalue weighted by atomic mass is 35.5. The summed E-state index contributed by atoms with van der Waals surface area (Å²) in [5, 5.41) is 3.74. The second-order valence-electron chi connectivity index (χ2n) is 9.24. The number of fused-ring (bicyclic) bond motifs is 1. The fourth-order valence-corrected chi connectivity index (χ4v) is 4.08. The molecule has 3 heterocycles. The van der Waals surface area contributed by atoms with Gasteiger partial charge in [-0.25, -0.2) is 14.8 Å². The van der Waals surface area contributed by atoms with Crippen molar-refractivity contribution >= 4 is 29.5 Å². The number of aromatic nitrogens is 2. The third-order valence-corrected chi connectivity index (χ3v) is 5.74. The molecule has 1 aromatic carbocycles. The first kappa shape index (κ1) is 22.3. The topological polar surface area (TPSA) is 87.7 Å². The van der Waals surface area contributed by atoms with Crippen molar-refractivity contribution in [3.05, 3.63) is 52.3 Å². The van der Waals surface area contributed by atoms with E-state index >= 15 is 0 Å². The van der Waals surface area contributed by atoms with Crippen LogP contribution < -0.4 is 5.32 Å². The number of hydrogen-bond acceptors (Lipinski definition) is 6. The van der Waals surface area contributed by atoms with E-state index in [9.17, 15) is 9.59 Å². The van der Waals surface area contributed by atoms with Gasteiger partial charge in [0.2, 0.25) is 5.95 Å². The zero-order valence-corrected chi connectivity index (χ0v) is 19.4. The van der Waals surface area contributed by atoms with E-state index in [1.807, 2.05) is 43.9 Å². The van der Waals surface area contributed by atoms with Crippen LogP contribution in [-0.2, 0) is 17.7 Å². The van der Waals surface area contributed by atoms with Crippen molar-refractivity contribution in [2.75, 3.05) is 25.0 Å². The Morgan fingerprint density at radius 1 is 1.12 bits per heavy atom. The maximum Gasteiger partial charge on any atom is 0.410 e. The number of likely N-dealkylation sites (tertiary alicyclic amines) is 1. The van der Waals surface area contributed by atoms with Crippen molar-refractivity contribution < 1.29 is 14.3 Å². The lowest BCUT2D eigenvalue weighted by Gasteiger charge is -2.31. The van der Waals surface area contributed by atoms with Crippen molar-refractivity contribution in [2.24, 2.45) is 0 Å². The SMILES string of the molecule is CC(C)(C)OC(=O)N1CCc2ccc(C(=O)N3CC[C@@H](Nc4ncc(Cl)cn4)C3)cc2C1. The quantitative estimate of drug-likeness (QED) is 0.755. The molecule has 1 aromatic heterocycles. The summed E-state index contributed by atoms with van der Waals surface area (Å²) in [5.41, 5.74) is 2.27. The van der Waals surface area contributed by atoms with E-state index in [-0.39, 0.29) is 18.0 Å². The van der Waals surface area contributed by atoms with Gasteiger partial charge in [-0.05, 0) is 56.9 Å². The summed E-state index contributed by atoms with van der Waals surface area (Å²) < 4.78 is 5.51. The minimum atomic E-state index is -0.535. The number of rotatable bonds is 3.